The fourth-order valence-corrected chi connectivity index (χ4v) is 23.4. The van der Waals surface area contributed by atoms with Crippen LogP contribution in [0.25, 0.3) is 62.6 Å². The summed E-state index contributed by atoms with van der Waals surface area (Å²) in [4.78, 5) is 18.4. The van der Waals surface area contributed by atoms with Crippen LogP contribution in [0.4, 0.5) is 0 Å². The topological polar surface area (TPSA) is 0 Å². The molecular weight excluding hydrogens is 1190 g/mol. The van der Waals surface area contributed by atoms with Crippen LogP contribution in [0.5, 0.6) is 0 Å². The Bertz CT molecular complexity index is 3370. The number of hydrogen-bond donors (Lipinski definition) is 0. The third-order valence-corrected chi connectivity index (χ3v) is 29.2. The monoisotopic (exact) mass is 1310 g/mol. The van der Waals surface area contributed by atoms with Crippen LogP contribution < -0.4 is 0 Å². The van der Waals surface area contributed by atoms with Gasteiger partial charge >= 0.3 is 0 Å². The predicted molar refractivity (Wildman–Crippen MR) is 413 cm³/mol. The van der Waals surface area contributed by atoms with Crippen molar-refractivity contribution in [3.05, 3.63) is 99.0 Å². The SMILES string of the molecule is CCCCCc1sc(-c2c(-c3cc(C)c(C(C)C)s3)c(-c3cc(C(C)C)c(C(C)(C)CCCC)s3)c(-c3cc(C(C)CCC)c(C(C)CC)s3)c(-c3cc(C(C)(C)CCC)c(C(CCCC)C(C)CC)s3)c2-c2cc(C)c(C(C)(C)CCCC)s2)cc1CC. The van der Waals surface area contributed by atoms with Gasteiger partial charge in [0.25, 0.3) is 0 Å². The molecule has 7 aromatic rings. The standard InChI is InChI=1S/C83H124S6/c1-25-34-38-41-63-58(33-9)47-66(84-63)72-70(64-45-56(17)76(85-64)52(12)13)74(68-48-60(51(10)11)80(89-68)83(23,24)44-37-28-4)73(67-49-61(55(16)39-29-5)77(86-67)54(15)32-8)75(71(72)65-46-57(18)79(88-65)82(21,22)43-36-27-3)69-50-62(81(19,20)42-30-6)78(87-69)59(40-35-26-2)53(14)31-7/h45-55,59H,25-44H2,1-24H3. The highest BCUT2D eigenvalue weighted by Gasteiger charge is 2.39. The molecule has 4 atom stereocenters. The quantitative estimate of drug-likeness (QED) is 0.0347. The number of unbranched alkanes of at least 4 members (excludes halogenated alkanes) is 5. The Morgan fingerprint density at radius 2 is 0.876 bits per heavy atom. The van der Waals surface area contributed by atoms with Gasteiger partial charge in [-0.2, -0.15) is 0 Å². The molecule has 0 radical (unpaired) electrons. The van der Waals surface area contributed by atoms with Crippen LogP contribution in [-0.4, -0.2) is 0 Å². The molecule has 6 heterocycles. The van der Waals surface area contributed by atoms with Gasteiger partial charge in [-0.05, 0) is 193 Å². The third-order valence-electron chi connectivity index (χ3n) is 20.6. The van der Waals surface area contributed by atoms with Crippen LogP contribution in [0, 0.1) is 19.8 Å². The second-order valence-corrected chi connectivity index (χ2v) is 36.7. The van der Waals surface area contributed by atoms with E-state index in [9.17, 15) is 0 Å². The lowest BCUT2D eigenvalue weighted by atomic mass is 9.75. The molecule has 0 amide bonds. The van der Waals surface area contributed by atoms with E-state index in [0.717, 1.165) is 19.3 Å². The van der Waals surface area contributed by atoms with Gasteiger partial charge in [0, 0.05) is 91.9 Å². The number of rotatable bonds is 35. The van der Waals surface area contributed by atoms with Gasteiger partial charge in [0.2, 0.25) is 0 Å². The summed E-state index contributed by atoms with van der Waals surface area (Å²) in [6.07, 6.45) is 24.0. The van der Waals surface area contributed by atoms with E-state index in [-0.39, 0.29) is 16.2 Å². The summed E-state index contributed by atoms with van der Waals surface area (Å²) < 4.78 is 0. The minimum atomic E-state index is 0.00585. The summed E-state index contributed by atoms with van der Waals surface area (Å²) >= 11 is 13.1. The lowest BCUT2D eigenvalue weighted by molar-refractivity contribution is 0.402. The molecule has 4 unspecified atom stereocenters. The second-order valence-electron chi connectivity index (χ2n) is 30.2. The molecule has 6 aromatic heterocycles. The van der Waals surface area contributed by atoms with Crippen molar-refractivity contribution < 1.29 is 0 Å². The van der Waals surface area contributed by atoms with Gasteiger partial charge in [-0.3, -0.25) is 0 Å². The fraction of sp³-hybridized carbons (Fsp3) is 0.639. The van der Waals surface area contributed by atoms with Gasteiger partial charge in [0.1, 0.15) is 0 Å². The van der Waals surface area contributed by atoms with Crippen molar-refractivity contribution in [3.63, 3.8) is 0 Å². The molecule has 6 heteroatoms. The van der Waals surface area contributed by atoms with E-state index in [1.807, 2.05) is 0 Å². The molecular formula is C83H124S6. The summed E-state index contributed by atoms with van der Waals surface area (Å²) in [5.41, 5.74) is 18.3. The number of benzene rings is 1. The molecule has 0 saturated carbocycles. The average Bonchev–Trinajstić information content (AvgIpc) is 1.50. The summed E-state index contributed by atoms with van der Waals surface area (Å²) in [6, 6.07) is 16.5. The van der Waals surface area contributed by atoms with E-state index in [1.54, 1.807) is 46.6 Å². The smallest absolute Gasteiger partial charge is 0.0362 e. The van der Waals surface area contributed by atoms with E-state index >= 15 is 0 Å². The first-order valence-corrected chi connectivity index (χ1v) is 41.1. The Kier molecular flexibility index (Phi) is 26.7. The van der Waals surface area contributed by atoms with Crippen molar-refractivity contribution in [2.45, 2.75) is 340 Å². The lowest BCUT2D eigenvalue weighted by Crippen LogP contribution is -2.20. The highest BCUT2D eigenvalue weighted by Crippen LogP contribution is 2.64. The van der Waals surface area contributed by atoms with E-state index in [1.165, 1.54) is 188 Å². The van der Waals surface area contributed by atoms with Crippen LogP contribution >= 0.6 is 68.0 Å². The number of aryl methyl sites for hydroxylation is 4. The summed E-state index contributed by atoms with van der Waals surface area (Å²) in [6.45, 7) is 59.7. The van der Waals surface area contributed by atoms with Gasteiger partial charge in [0.05, 0.1) is 0 Å². The normalized spacial score (nSPS) is 14.1. The zero-order valence-corrected chi connectivity index (χ0v) is 65.9. The molecule has 492 valence electrons. The zero-order chi connectivity index (χ0) is 65.4. The minimum absolute atomic E-state index is 0.00585. The molecule has 0 nitrogen and oxygen atoms in total. The van der Waals surface area contributed by atoms with Crippen LogP contribution in [0.3, 0.4) is 0 Å². The highest BCUT2D eigenvalue weighted by molar-refractivity contribution is 7.19. The van der Waals surface area contributed by atoms with E-state index in [2.05, 4.69) is 271 Å². The summed E-state index contributed by atoms with van der Waals surface area (Å²) in [7, 11) is 0. The molecule has 89 heavy (non-hydrogen) atoms. The van der Waals surface area contributed by atoms with E-state index < -0.39 is 0 Å². The first-order chi connectivity index (χ1) is 42.2. The Balaban J connectivity index is 1.97. The van der Waals surface area contributed by atoms with Gasteiger partial charge in [-0.15, -0.1) is 68.0 Å². The first-order valence-electron chi connectivity index (χ1n) is 36.2. The maximum absolute atomic E-state index is 2.85. The third kappa shape index (κ3) is 16.2. The molecule has 1 aromatic carbocycles. The molecule has 0 aliphatic rings. The van der Waals surface area contributed by atoms with Crippen LogP contribution in [0.1, 0.15) is 360 Å². The predicted octanol–water partition coefficient (Wildman–Crippen LogP) is 31.0. The molecule has 0 aliphatic heterocycles. The van der Waals surface area contributed by atoms with Gasteiger partial charge in [-0.25, -0.2) is 0 Å². The van der Waals surface area contributed by atoms with Crippen molar-refractivity contribution >= 4 is 68.0 Å². The summed E-state index contributed by atoms with van der Waals surface area (Å²) in [5, 5.41) is 0. The van der Waals surface area contributed by atoms with Crippen molar-refractivity contribution in [2.24, 2.45) is 5.92 Å². The molecule has 7 rings (SSSR count). The van der Waals surface area contributed by atoms with Crippen molar-refractivity contribution in [3.8, 4) is 62.6 Å². The molecule has 0 bridgehead atoms. The van der Waals surface area contributed by atoms with Crippen LogP contribution in [0.15, 0.2) is 36.4 Å². The Hall–Kier alpha value is -2.58. The Morgan fingerprint density at radius 3 is 1.39 bits per heavy atom. The highest BCUT2D eigenvalue weighted by atomic mass is 32.1. The fourth-order valence-electron chi connectivity index (χ4n) is 14.8. The Morgan fingerprint density at radius 1 is 0.382 bits per heavy atom. The Labute approximate surface area is 571 Å². The largest absolute Gasteiger partial charge is 0.140 e. The van der Waals surface area contributed by atoms with Crippen molar-refractivity contribution in [2.75, 3.05) is 0 Å². The molecule has 0 fully saturated rings. The second kappa shape index (κ2) is 32.2. The number of thiophene rings is 6. The van der Waals surface area contributed by atoms with Crippen molar-refractivity contribution in [1.82, 2.24) is 0 Å². The lowest BCUT2D eigenvalue weighted by Gasteiger charge is -2.30. The number of hydrogen-bond acceptors (Lipinski definition) is 6. The van der Waals surface area contributed by atoms with Crippen LogP contribution in [0.2, 0.25) is 0 Å². The molecule has 0 saturated heterocycles. The maximum Gasteiger partial charge on any atom is 0.0362 e. The van der Waals surface area contributed by atoms with Gasteiger partial charge in [-0.1, -0.05) is 223 Å². The molecule has 0 spiro atoms. The van der Waals surface area contributed by atoms with Crippen molar-refractivity contribution in [1.29, 1.82) is 0 Å². The van der Waals surface area contributed by atoms with E-state index in [4.69, 9.17) is 0 Å². The first kappa shape index (κ1) is 73.8. The van der Waals surface area contributed by atoms with Gasteiger partial charge < -0.3 is 0 Å². The molecule has 0 aliphatic carbocycles. The molecule has 0 N–H and O–H groups in total. The zero-order valence-electron chi connectivity index (χ0n) is 61.0. The van der Waals surface area contributed by atoms with Crippen LogP contribution in [-0.2, 0) is 29.1 Å². The summed E-state index contributed by atoms with van der Waals surface area (Å²) in [5.74, 6) is 2.82. The average molecular weight is 1310 g/mol. The van der Waals surface area contributed by atoms with Gasteiger partial charge in [0.15, 0.2) is 0 Å². The minimum Gasteiger partial charge on any atom is -0.140 e. The van der Waals surface area contributed by atoms with E-state index in [0.29, 0.717) is 35.5 Å². The maximum atomic E-state index is 2.85.